The first-order chi connectivity index (χ1) is 31.1. The first kappa shape index (κ1) is 36.9. The predicted octanol–water partition coefficient (Wildman–Crippen LogP) is 16.7. The lowest BCUT2D eigenvalue weighted by Crippen LogP contribution is -2.17. The fraction of sp³-hybridized carbons (Fsp3) is 0.0492. The van der Waals surface area contributed by atoms with Crippen LogP contribution in [0, 0.1) is 0 Å². The molecule has 1 heterocycles. The third-order valence-corrected chi connectivity index (χ3v) is 13.4. The molecule has 0 unspecified atom stereocenters. The first-order valence-electron chi connectivity index (χ1n) is 21.9. The third-order valence-electron chi connectivity index (χ3n) is 13.4. The van der Waals surface area contributed by atoms with Gasteiger partial charge in [0, 0.05) is 44.3 Å². The van der Waals surface area contributed by atoms with Crippen LogP contribution < -0.4 is 4.90 Å². The highest BCUT2D eigenvalue weighted by molar-refractivity contribution is 6.15. The second kappa shape index (κ2) is 14.6. The molecule has 298 valence electrons. The minimum atomic E-state index is -0.172. The molecular weight excluding hydrogens is 761 g/mol. The van der Waals surface area contributed by atoms with Crippen molar-refractivity contribution in [2.45, 2.75) is 19.3 Å². The van der Waals surface area contributed by atoms with E-state index < -0.39 is 0 Å². The number of nitrogens with zero attached hydrogens (tertiary/aromatic N) is 2. The summed E-state index contributed by atoms with van der Waals surface area (Å²) in [5.41, 5.74) is 19.2. The van der Waals surface area contributed by atoms with Gasteiger partial charge in [0.15, 0.2) is 0 Å². The van der Waals surface area contributed by atoms with Crippen molar-refractivity contribution in [3.8, 4) is 50.2 Å². The lowest BCUT2D eigenvalue weighted by atomic mass is 9.82. The van der Waals surface area contributed by atoms with E-state index in [1.54, 1.807) is 0 Å². The van der Waals surface area contributed by atoms with Crippen LogP contribution in [0.3, 0.4) is 0 Å². The predicted molar refractivity (Wildman–Crippen MR) is 267 cm³/mol. The number of aromatic nitrogens is 1. The van der Waals surface area contributed by atoms with Gasteiger partial charge in [0.2, 0.25) is 0 Å². The summed E-state index contributed by atoms with van der Waals surface area (Å²) in [6.45, 7) is 4.75. The quantitative estimate of drug-likeness (QED) is 0.156. The molecule has 2 nitrogen and oxygen atoms in total. The monoisotopic (exact) mass is 804 g/mol. The maximum atomic E-state index is 2.53. The number of para-hydroxylation sites is 5. The van der Waals surface area contributed by atoms with Gasteiger partial charge in [-0.25, -0.2) is 0 Å². The summed E-state index contributed by atoms with van der Waals surface area (Å²) in [5.74, 6) is 0. The van der Waals surface area contributed by atoms with Crippen LogP contribution in [0.1, 0.15) is 25.0 Å². The zero-order valence-corrected chi connectivity index (χ0v) is 35.3. The van der Waals surface area contributed by atoms with Crippen molar-refractivity contribution < 1.29 is 0 Å². The van der Waals surface area contributed by atoms with E-state index in [0.29, 0.717) is 0 Å². The molecule has 10 aromatic carbocycles. The second-order valence-corrected chi connectivity index (χ2v) is 17.2. The van der Waals surface area contributed by atoms with Gasteiger partial charge in [-0.2, -0.15) is 0 Å². The van der Waals surface area contributed by atoms with Crippen LogP contribution in [0.15, 0.2) is 231 Å². The van der Waals surface area contributed by atoms with E-state index in [-0.39, 0.29) is 5.41 Å². The Morgan fingerprint density at radius 1 is 0.381 bits per heavy atom. The van der Waals surface area contributed by atoms with E-state index in [4.69, 9.17) is 0 Å². The molecule has 0 amide bonds. The lowest BCUT2D eigenvalue weighted by molar-refractivity contribution is 0.660. The molecule has 2 heteroatoms. The number of rotatable bonds is 7. The summed E-state index contributed by atoms with van der Waals surface area (Å²) in [6.07, 6.45) is 0. The number of fused-ring (bicyclic) bond motifs is 7. The Morgan fingerprint density at radius 3 is 1.68 bits per heavy atom. The third kappa shape index (κ3) is 5.79. The lowest BCUT2D eigenvalue weighted by Gasteiger charge is -2.31. The summed E-state index contributed by atoms with van der Waals surface area (Å²) in [6, 6.07) is 84.8. The van der Waals surface area contributed by atoms with Crippen molar-refractivity contribution in [3.63, 3.8) is 0 Å². The molecule has 1 aliphatic carbocycles. The summed E-state index contributed by atoms with van der Waals surface area (Å²) in [5, 5.41) is 4.93. The summed E-state index contributed by atoms with van der Waals surface area (Å²) < 4.78 is 2.45. The van der Waals surface area contributed by atoms with Gasteiger partial charge in [-0.05, 0) is 92.2 Å². The molecule has 0 spiro atoms. The Labute approximate surface area is 368 Å². The zero-order valence-electron chi connectivity index (χ0n) is 35.3. The van der Waals surface area contributed by atoms with Crippen molar-refractivity contribution in [2.24, 2.45) is 0 Å². The molecule has 63 heavy (non-hydrogen) atoms. The molecule has 0 saturated carbocycles. The maximum Gasteiger partial charge on any atom is 0.0620 e. The van der Waals surface area contributed by atoms with Gasteiger partial charge in [0.1, 0.15) is 0 Å². The fourth-order valence-electron chi connectivity index (χ4n) is 10.5. The number of hydrogen-bond acceptors (Lipinski definition) is 1. The van der Waals surface area contributed by atoms with E-state index in [1.807, 2.05) is 0 Å². The summed E-state index contributed by atoms with van der Waals surface area (Å²) >= 11 is 0. The van der Waals surface area contributed by atoms with Gasteiger partial charge in [-0.1, -0.05) is 202 Å². The van der Waals surface area contributed by atoms with Gasteiger partial charge in [0.05, 0.1) is 22.4 Å². The molecule has 0 bridgehead atoms. The van der Waals surface area contributed by atoms with Crippen LogP contribution in [0.5, 0.6) is 0 Å². The van der Waals surface area contributed by atoms with Gasteiger partial charge in [0.25, 0.3) is 0 Å². The molecule has 12 rings (SSSR count). The van der Waals surface area contributed by atoms with E-state index >= 15 is 0 Å². The van der Waals surface area contributed by atoms with E-state index in [1.165, 1.54) is 82.6 Å². The summed E-state index contributed by atoms with van der Waals surface area (Å²) in [7, 11) is 0. The van der Waals surface area contributed by atoms with Gasteiger partial charge in [-0.3, -0.25) is 0 Å². The Balaban J connectivity index is 1.16. The highest BCUT2D eigenvalue weighted by atomic mass is 15.1. The SMILES string of the molecule is CC1(C)c2ccccc2-c2ccc(N(c3ccccc3-c3cccc4cccc(-c5ccccc5)c34)c3ccccc3-c3cccc4c5ccccc5n(-c5ccccc5)c34)cc21. The van der Waals surface area contributed by atoms with Crippen LogP contribution in [0.25, 0.3) is 82.8 Å². The molecule has 0 N–H and O–H groups in total. The van der Waals surface area contributed by atoms with E-state index in [0.717, 1.165) is 28.3 Å². The molecule has 1 aliphatic rings. The zero-order chi connectivity index (χ0) is 42.1. The number of anilines is 3. The van der Waals surface area contributed by atoms with Crippen LogP contribution in [-0.2, 0) is 5.41 Å². The van der Waals surface area contributed by atoms with Gasteiger partial charge >= 0.3 is 0 Å². The minimum Gasteiger partial charge on any atom is -0.309 e. The molecular formula is C61H44N2. The topological polar surface area (TPSA) is 8.17 Å². The normalized spacial score (nSPS) is 12.7. The molecule has 0 fully saturated rings. The van der Waals surface area contributed by atoms with Crippen LogP contribution in [0.2, 0.25) is 0 Å². The largest absolute Gasteiger partial charge is 0.309 e. The molecule has 1 aromatic heterocycles. The van der Waals surface area contributed by atoms with E-state index in [2.05, 4.69) is 254 Å². The minimum absolute atomic E-state index is 0.172. The maximum absolute atomic E-state index is 2.53. The van der Waals surface area contributed by atoms with Gasteiger partial charge in [-0.15, -0.1) is 0 Å². The highest BCUT2D eigenvalue weighted by Gasteiger charge is 2.36. The summed E-state index contributed by atoms with van der Waals surface area (Å²) in [4.78, 5) is 2.53. The Morgan fingerprint density at radius 2 is 0.921 bits per heavy atom. The first-order valence-corrected chi connectivity index (χ1v) is 21.9. The van der Waals surface area contributed by atoms with Crippen molar-refractivity contribution in [3.05, 3.63) is 242 Å². The van der Waals surface area contributed by atoms with E-state index in [9.17, 15) is 0 Å². The Hall–Kier alpha value is -7.94. The number of benzene rings is 10. The Kier molecular flexibility index (Phi) is 8.55. The molecule has 0 saturated heterocycles. The van der Waals surface area contributed by atoms with Crippen molar-refractivity contribution in [1.82, 2.24) is 4.57 Å². The molecule has 0 aliphatic heterocycles. The smallest absolute Gasteiger partial charge is 0.0620 e. The van der Waals surface area contributed by atoms with Crippen LogP contribution in [0.4, 0.5) is 17.1 Å². The van der Waals surface area contributed by atoms with Crippen LogP contribution >= 0.6 is 0 Å². The Bertz CT molecular complexity index is 3530. The molecule has 11 aromatic rings. The van der Waals surface area contributed by atoms with Crippen molar-refractivity contribution in [1.29, 1.82) is 0 Å². The number of hydrogen-bond donors (Lipinski definition) is 0. The standard InChI is InChI=1S/C61H44N2/c1-61(2)54-34-13-9-26-46(54)47-39-38-44(40-55(47)61)62(56-35-14-10-27-48(56)51-31-18-23-42-22-17-30-45(59(42)51)41-20-5-3-6-21-41)57-36-15-11-28-49(57)52-32-19-33-53-50-29-12-16-37-58(50)63(60(52)53)43-24-7-4-8-25-43/h3-40H,1-2H3. The highest BCUT2D eigenvalue weighted by Crippen LogP contribution is 2.53. The molecule has 0 radical (unpaired) electrons. The van der Waals surface area contributed by atoms with Crippen molar-refractivity contribution in [2.75, 3.05) is 4.90 Å². The van der Waals surface area contributed by atoms with Crippen LogP contribution in [-0.4, -0.2) is 4.57 Å². The van der Waals surface area contributed by atoms with Crippen molar-refractivity contribution >= 4 is 49.6 Å². The van der Waals surface area contributed by atoms with Gasteiger partial charge < -0.3 is 9.47 Å². The average molecular weight is 805 g/mol. The molecule has 0 atom stereocenters. The average Bonchev–Trinajstić information content (AvgIpc) is 3.80. The second-order valence-electron chi connectivity index (χ2n) is 17.2. The fourth-order valence-corrected chi connectivity index (χ4v) is 10.5.